The number of hydrogen-bond acceptors (Lipinski definition) is 1. The summed E-state index contributed by atoms with van der Waals surface area (Å²) in [5.41, 5.74) is -1.49. The van der Waals surface area contributed by atoms with Gasteiger partial charge in [-0.3, -0.25) is 4.90 Å². The van der Waals surface area contributed by atoms with Gasteiger partial charge in [-0.15, -0.1) is 0 Å². The van der Waals surface area contributed by atoms with Crippen LogP contribution in [0.3, 0.4) is 0 Å². The van der Waals surface area contributed by atoms with Gasteiger partial charge in [0, 0.05) is 20.3 Å². The summed E-state index contributed by atoms with van der Waals surface area (Å²) in [7, 11) is 0. The van der Waals surface area contributed by atoms with E-state index in [0.717, 1.165) is 4.90 Å². The van der Waals surface area contributed by atoms with Crippen LogP contribution in [0.25, 0.3) is 0 Å². The molecule has 1 heterocycles. The second-order valence-corrected chi connectivity index (χ2v) is 5.69. The Balaban J connectivity index is 3.56. The van der Waals surface area contributed by atoms with Crippen molar-refractivity contribution in [1.82, 2.24) is 4.90 Å². The summed E-state index contributed by atoms with van der Waals surface area (Å²) in [6, 6.07) is 0. The second-order valence-electron chi connectivity index (χ2n) is 5.69. The first-order valence-electron chi connectivity index (χ1n) is 7.79. The summed E-state index contributed by atoms with van der Waals surface area (Å²) >= 11 is 0. The van der Waals surface area contributed by atoms with Crippen molar-refractivity contribution in [2.45, 2.75) is 53.5 Å². The maximum atomic E-state index is 8.34. The summed E-state index contributed by atoms with van der Waals surface area (Å²) in [6.07, 6.45) is -2.26. The molecule has 0 aromatic carbocycles. The number of likely N-dealkylation sites (tertiary alicyclic amines) is 1. The van der Waals surface area contributed by atoms with Crippen LogP contribution < -0.4 is 0 Å². The van der Waals surface area contributed by atoms with E-state index in [2.05, 4.69) is 0 Å². The lowest BCUT2D eigenvalue weighted by molar-refractivity contribution is 0.148. The van der Waals surface area contributed by atoms with E-state index in [1.54, 1.807) is 41.5 Å². The molecule has 1 atom stereocenters. The maximum Gasteiger partial charge on any atom is 0.0434 e. The Hall–Kier alpha value is -0.0400. The predicted molar refractivity (Wildman–Crippen MR) is 58.9 cm³/mol. The summed E-state index contributed by atoms with van der Waals surface area (Å²) < 4.78 is 49.3. The van der Waals surface area contributed by atoms with Crippen molar-refractivity contribution >= 4 is 0 Å². The third kappa shape index (κ3) is 2.70. The van der Waals surface area contributed by atoms with Crippen molar-refractivity contribution in [3.63, 3.8) is 0 Å². The van der Waals surface area contributed by atoms with E-state index in [9.17, 15) is 0 Å². The van der Waals surface area contributed by atoms with Gasteiger partial charge in [-0.05, 0) is 45.0 Å². The molecular formula is C12H25N. The van der Waals surface area contributed by atoms with Crippen LogP contribution >= 0.6 is 0 Å². The van der Waals surface area contributed by atoms with Gasteiger partial charge in [0.2, 0.25) is 0 Å². The van der Waals surface area contributed by atoms with Crippen molar-refractivity contribution in [3.8, 4) is 0 Å². The fourth-order valence-electron chi connectivity index (χ4n) is 1.09. The van der Waals surface area contributed by atoms with E-state index in [1.807, 2.05) is 0 Å². The Labute approximate surface area is 91.9 Å². The lowest BCUT2D eigenvalue weighted by Gasteiger charge is -2.33. The molecule has 0 N–H and O–H groups in total. The van der Waals surface area contributed by atoms with E-state index < -0.39 is 36.2 Å². The van der Waals surface area contributed by atoms with Crippen LogP contribution in [0.5, 0.6) is 0 Å². The molecule has 0 spiro atoms. The van der Waals surface area contributed by atoms with Crippen LogP contribution in [0.2, 0.25) is 0 Å². The third-order valence-corrected chi connectivity index (χ3v) is 2.12. The van der Waals surface area contributed by atoms with Crippen LogP contribution in [0.4, 0.5) is 0 Å². The average Bonchev–Trinajstić information content (AvgIpc) is 2.02. The normalized spacial score (nSPS) is 45.2. The van der Waals surface area contributed by atoms with Gasteiger partial charge < -0.3 is 0 Å². The van der Waals surface area contributed by atoms with Crippen LogP contribution in [0.15, 0.2) is 0 Å². The first kappa shape index (κ1) is 5.16. The molecular weight excluding hydrogens is 158 g/mol. The van der Waals surface area contributed by atoms with Gasteiger partial charge in [0.15, 0.2) is 0 Å². The molecule has 0 radical (unpaired) electrons. The van der Waals surface area contributed by atoms with Crippen LogP contribution in [-0.4, -0.2) is 23.4 Å². The zero-order valence-electron chi connectivity index (χ0n) is 15.5. The van der Waals surface area contributed by atoms with Gasteiger partial charge >= 0.3 is 0 Å². The highest BCUT2D eigenvalue weighted by molar-refractivity contribution is 4.89. The van der Waals surface area contributed by atoms with Crippen molar-refractivity contribution < 1.29 is 8.22 Å². The van der Waals surface area contributed by atoms with E-state index in [1.165, 1.54) is 0 Å². The Morgan fingerprint density at radius 3 is 1.92 bits per heavy atom. The molecule has 1 nitrogen and oxygen atoms in total. The number of rotatable bonds is 0. The van der Waals surface area contributed by atoms with Gasteiger partial charge in [-0.1, -0.05) is 20.8 Å². The highest BCUT2D eigenvalue weighted by Gasteiger charge is 2.35. The molecule has 0 aliphatic carbocycles. The molecule has 1 heteroatoms. The van der Waals surface area contributed by atoms with Crippen molar-refractivity contribution in [2.75, 3.05) is 13.0 Å². The van der Waals surface area contributed by atoms with E-state index in [4.69, 9.17) is 8.22 Å². The van der Waals surface area contributed by atoms with Crippen LogP contribution in [-0.2, 0) is 0 Å². The number of hydrogen-bond donors (Lipinski definition) is 0. The zero-order chi connectivity index (χ0) is 15.7. The quantitative estimate of drug-likeness (QED) is 0.566. The highest BCUT2D eigenvalue weighted by atomic mass is 15.2. The molecule has 1 aliphatic rings. The molecule has 1 aliphatic heterocycles. The standard InChI is InChI=1S/C12H25N/c1-11(2,3)10-7-8-13(9-10)12(4,5)6/h10H,7-9H2,1-6H3/i7D2,8D2,9D2. The van der Waals surface area contributed by atoms with Gasteiger partial charge in [0.25, 0.3) is 0 Å². The molecule has 78 valence electrons. The van der Waals surface area contributed by atoms with Gasteiger partial charge in [0.05, 0.1) is 0 Å². The van der Waals surface area contributed by atoms with Gasteiger partial charge in [-0.2, -0.15) is 0 Å². The molecule has 0 aromatic heterocycles. The smallest absolute Gasteiger partial charge is 0.0434 e. The van der Waals surface area contributed by atoms with Gasteiger partial charge in [-0.25, -0.2) is 0 Å². The maximum absolute atomic E-state index is 8.34. The van der Waals surface area contributed by atoms with Gasteiger partial charge in [0.1, 0.15) is 0 Å². The molecule has 0 bridgehead atoms. The Bertz CT molecular complexity index is 329. The third-order valence-electron chi connectivity index (χ3n) is 2.12. The molecule has 13 heavy (non-hydrogen) atoms. The molecule has 1 saturated heterocycles. The Morgan fingerprint density at radius 1 is 1.15 bits per heavy atom. The van der Waals surface area contributed by atoms with E-state index >= 15 is 0 Å². The Morgan fingerprint density at radius 2 is 1.69 bits per heavy atom. The molecule has 0 amide bonds. The molecule has 1 fully saturated rings. The number of nitrogens with zero attached hydrogens (tertiary/aromatic N) is 1. The second kappa shape index (κ2) is 3.27. The average molecular weight is 189 g/mol. The van der Waals surface area contributed by atoms with E-state index in [0.29, 0.717) is 0 Å². The fourth-order valence-corrected chi connectivity index (χ4v) is 1.09. The topological polar surface area (TPSA) is 3.24 Å². The monoisotopic (exact) mass is 189 g/mol. The summed E-state index contributed by atoms with van der Waals surface area (Å²) in [5.74, 6) is -1.05. The minimum Gasteiger partial charge on any atom is -0.298 e. The molecule has 0 aromatic rings. The largest absolute Gasteiger partial charge is 0.298 e. The lowest BCUT2D eigenvalue weighted by atomic mass is 9.80. The summed E-state index contributed by atoms with van der Waals surface area (Å²) in [5, 5.41) is 0. The fraction of sp³-hybridized carbons (Fsp3) is 1.00. The van der Waals surface area contributed by atoms with Crippen LogP contribution in [0.1, 0.15) is 56.1 Å². The summed E-state index contributed by atoms with van der Waals surface area (Å²) in [4.78, 5) is 1.06. The predicted octanol–water partition coefficient (Wildman–Crippen LogP) is 3.15. The highest BCUT2D eigenvalue weighted by Crippen LogP contribution is 2.35. The summed E-state index contributed by atoms with van der Waals surface area (Å²) in [6.45, 7) is 6.01. The minimum atomic E-state index is -2.35. The van der Waals surface area contributed by atoms with Crippen LogP contribution in [0, 0.1) is 11.3 Å². The van der Waals surface area contributed by atoms with Crippen molar-refractivity contribution in [1.29, 1.82) is 0 Å². The first-order valence-corrected chi connectivity index (χ1v) is 4.79. The minimum absolute atomic E-state index is 0.680. The zero-order valence-corrected chi connectivity index (χ0v) is 9.52. The van der Waals surface area contributed by atoms with Crippen molar-refractivity contribution in [2.24, 2.45) is 11.3 Å². The molecule has 1 rings (SSSR count). The first-order chi connectivity index (χ1) is 7.98. The SMILES string of the molecule is [2H]C1([2H])C(C(C)(C)C)C([2H])([2H])C([2H])([2H])N1C(C)(C)C. The van der Waals surface area contributed by atoms with E-state index in [-0.39, 0.29) is 0 Å². The Kier molecular flexibility index (Phi) is 1.30. The lowest BCUT2D eigenvalue weighted by Crippen LogP contribution is -2.40. The molecule has 1 unspecified atom stereocenters. The molecule has 0 saturated carbocycles. The van der Waals surface area contributed by atoms with Crippen molar-refractivity contribution in [3.05, 3.63) is 0 Å².